The second-order valence-corrected chi connectivity index (χ2v) is 5.31. The summed E-state index contributed by atoms with van der Waals surface area (Å²) in [6.07, 6.45) is -0.221. The molecule has 0 heterocycles. The van der Waals surface area contributed by atoms with Crippen LogP contribution in [-0.4, -0.2) is 24.1 Å². The molecular weight excluding hydrogens is 306 g/mol. The highest BCUT2D eigenvalue weighted by molar-refractivity contribution is 6.29. The van der Waals surface area contributed by atoms with Gasteiger partial charge in [0.2, 0.25) is 0 Å². The maximum atomic E-state index is 12.9. The van der Waals surface area contributed by atoms with Gasteiger partial charge in [0.05, 0.1) is 24.7 Å². The van der Waals surface area contributed by atoms with Gasteiger partial charge in [-0.2, -0.15) is 5.26 Å². The van der Waals surface area contributed by atoms with Crippen molar-refractivity contribution in [2.24, 2.45) is 0 Å². The number of ketones is 2. The molecule has 0 radical (unpaired) electrons. The van der Waals surface area contributed by atoms with E-state index >= 15 is 0 Å². The van der Waals surface area contributed by atoms with Gasteiger partial charge in [0, 0.05) is 22.3 Å². The van der Waals surface area contributed by atoms with E-state index in [-0.39, 0.29) is 52.4 Å². The minimum absolute atomic E-state index is 0.130. The number of fused-ring (bicyclic) bond motifs is 2. The predicted octanol–water partition coefficient (Wildman–Crippen LogP) is 2.44. The van der Waals surface area contributed by atoms with Gasteiger partial charge in [-0.3, -0.25) is 14.4 Å². The molecule has 5 heteroatoms. The monoisotopic (exact) mass is 319 g/mol. The molecule has 3 rings (SSSR count). The summed E-state index contributed by atoms with van der Waals surface area (Å²) in [6, 6.07) is 11.5. The molecule has 2 aromatic rings. The first-order chi connectivity index (χ1) is 11.6. The highest BCUT2D eigenvalue weighted by Gasteiger charge is 2.33. The van der Waals surface area contributed by atoms with Crippen LogP contribution >= 0.6 is 0 Å². The number of hydrogen-bond acceptors (Lipinski definition) is 5. The van der Waals surface area contributed by atoms with Crippen molar-refractivity contribution in [1.82, 2.24) is 0 Å². The van der Waals surface area contributed by atoms with Crippen LogP contribution in [0.2, 0.25) is 0 Å². The summed E-state index contributed by atoms with van der Waals surface area (Å²) < 4.78 is 4.92. The van der Waals surface area contributed by atoms with Crippen LogP contribution in [0.5, 0.6) is 0 Å². The van der Waals surface area contributed by atoms with E-state index in [0.717, 1.165) is 0 Å². The number of carbonyl (C=O) groups is 3. The number of esters is 1. The summed E-state index contributed by atoms with van der Waals surface area (Å²) in [5.74, 6) is -1.17. The van der Waals surface area contributed by atoms with Crippen molar-refractivity contribution in [3.63, 3.8) is 0 Å². The fourth-order valence-electron chi connectivity index (χ4n) is 2.90. The van der Waals surface area contributed by atoms with Crippen LogP contribution in [-0.2, 0) is 16.0 Å². The van der Waals surface area contributed by atoms with Crippen LogP contribution in [0, 0.1) is 11.3 Å². The maximum absolute atomic E-state index is 12.9. The van der Waals surface area contributed by atoms with Crippen molar-refractivity contribution in [1.29, 1.82) is 5.26 Å². The van der Waals surface area contributed by atoms with Crippen molar-refractivity contribution in [3.8, 4) is 6.07 Å². The Morgan fingerprint density at radius 2 is 1.71 bits per heavy atom. The molecule has 0 saturated heterocycles. The third-order valence-electron chi connectivity index (χ3n) is 3.95. The number of benzene rings is 2. The zero-order chi connectivity index (χ0) is 17.3. The second-order valence-electron chi connectivity index (χ2n) is 5.31. The molecule has 0 aromatic heterocycles. The summed E-state index contributed by atoms with van der Waals surface area (Å²) in [5.41, 5.74) is 1.42. The van der Waals surface area contributed by atoms with E-state index < -0.39 is 5.97 Å². The highest BCUT2D eigenvalue weighted by Crippen LogP contribution is 2.31. The van der Waals surface area contributed by atoms with E-state index in [1.165, 1.54) is 12.1 Å². The van der Waals surface area contributed by atoms with Crippen molar-refractivity contribution in [2.75, 3.05) is 6.61 Å². The molecule has 0 aliphatic heterocycles. The average molecular weight is 319 g/mol. The Bertz CT molecular complexity index is 921. The summed E-state index contributed by atoms with van der Waals surface area (Å²) >= 11 is 0. The number of carbonyl (C=O) groups excluding carboxylic acids is 3. The van der Waals surface area contributed by atoms with E-state index in [9.17, 15) is 19.6 Å². The first-order valence-electron chi connectivity index (χ1n) is 7.48. The van der Waals surface area contributed by atoms with E-state index in [0.29, 0.717) is 5.56 Å². The van der Waals surface area contributed by atoms with Gasteiger partial charge in [-0.05, 0) is 24.6 Å². The Kier molecular flexibility index (Phi) is 3.97. The van der Waals surface area contributed by atoms with Crippen molar-refractivity contribution in [3.05, 3.63) is 69.8 Å². The number of rotatable bonds is 3. The Morgan fingerprint density at radius 3 is 2.33 bits per heavy atom. The SMILES string of the molecule is CCOC(=O)Cc1c(C#N)ccc2c1C(=O)c1ccccc1C2=O. The lowest BCUT2D eigenvalue weighted by Crippen LogP contribution is -2.24. The summed E-state index contributed by atoms with van der Waals surface area (Å²) in [4.78, 5) is 37.4. The Hall–Kier alpha value is -3.26. The summed E-state index contributed by atoms with van der Waals surface area (Å²) in [5, 5.41) is 9.31. The molecule has 0 N–H and O–H groups in total. The summed E-state index contributed by atoms with van der Waals surface area (Å²) in [6.45, 7) is 1.87. The molecule has 2 aromatic carbocycles. The molecule has 0 spiro atoms. The fraction of sp³-hybridized carbons (Fsp3) is 0.158. The Labute approximate surface area is 138 Å². The molecule has 0 amide bonds. The Balaban J connectivity index is 2.22. The lowest BCUT2D eigenvalue weighted by Gasteiger charge is -2.20. The summed E-state index contributed by atoms with van der Waals surface area (Å²) in [7, 11) is 0. The molecule has 24 heavy (non-hydrogen) atoms. The van der Waals surface area contributed by atoms with E-state index in [1.807, 2.05) is 6.07 Å². The predicted molar refractivity (Wildman–Crippen MR) is 84.8 cm³/mol. The van der Waals surface area contributed by atoms with Crippen LogP contribution in [0.1, 0.15) is 49.9 Å². The molecule has 5 nitrogen and oxygen atoms in total. The second kappa shape index (κ2) is 6.09. The molecule has 1 aliphatic carbocycles. The third-order valence-corrected chi connectivity index (χ3v) is 3.95. The largest absolute Gasteiger partial charge is 0.466 e. The molecule has 0 atom stereocenters. The topological polar surface area (TPSA) is 84.2 Å². The number of nitrogens with zero attached hydrogens (tertiary/aromatic N) is 1. The molecule has 0 unspecified atom stereocenters. The molecule has 0 saturated carbocycles. The lowest BCUT2D eigenvalue weighted by atomic mass is 9.80. The van der Waals surface area contributed by atoms with E-state index in [4.69, 9.17) is 4.74 Å². The minimum Gasteiger partial charge on any atom is -0.466 e. The molecular formula is C19H13NO4. The quantitative estimate of drug-likeness (QED) is 0.692. The molecule has 0 fully saturated rings. The van der Waals surface area contributed by atoms with Gasteiger partial charge in [-0.25, -0.2) is 0 Å². The zero-order valence-corrected chi connectivity index (χ0v) is 13.0. The minimum atomic E-state index is -0.540. The smallest absolute Gasteiger partial charge is 0.310 e. The van der Waals surface area contributed by atoms with Crippen LogP contribution in [0.15, 0.2) is 36.4 Å². The van der Waals surface area contributed by atoms with Crippen molar-refractivity contribution < 1.29 is 19.1 Å². The first-order valence-corrected chi connectivity index (χ1v) is 7.48. The normalized spacial score (nSPS) is 12.2. The van der Waals surface area contributed by atoms with Crippen LogP contribution in [0.4, 0.5) is 0 Å². The van der Waals surface area contributed by atoms with Gasteiger partial charge in [0.1, 0.15) is 0 Å². The third kappa shape index (κ3) is 2.38. The van der Waals surface area contributed by atoms with Crippen LogP contribution < -0.4 is 0 Å². The average Bonchev–Trinajstić information content (AvgIpc) is 2.59. The van der Waals surface area contributed by atoms with Crippen molar-refractivity contribution >= 4 is 17.5 Å². The van der Waals surface area contributed by atoms with Gasteiger partial charge in [0.15, 0.2) is 11.6 Å². The fourth-order valence-corrected chi connectivity index (χ4v) is 2.90. The molecule has 118 valence electrons. The standard InChI is InChI=1S/C19H13NO4/c1-2-24-16(21)9-15-11(10-20)7-8-14-17(15)19(23)13-6-4-3-5-12(13)18(14)22/h3-8H,2,9H2,1H3. The maximum Gasteiger partial charge on any atom is 0.310 e. The van der Waals surface area contributed by atoms with Gasteiger partial charge in [-0.15, -0.1) is 0 Å². The number of nitriles is 1. The van der Waals surface area contributed by atoms with Crippen LogP contribution in [0.25, 0.3) is 0 Å². The van der Waals surface area contributed by atoms with E-state index in [2.05, 4.69) is 0 Å². The van der Waals surface area contributed by atoms with Crippen molar-refractivity contribution in [2.45, 2.75) is 13.3 Å². The number of ether oxygens (including phenoxy) is 1. The Morgan fingerprint density at radius 1 is 1.04 bits per heavy atom. The first kappa shape index (κ1) is 15.6. The van der Waals surface area contributed by atoms with Gasteiger partial charge < -0.3 is 4.74 Å². The number of hydrogen-bond donors (Lipinski definition) is 0. The van der Waals surface area contributed by atoms with E-state index in [1.54, 1.807) is 31.2 Å². The van der Waals surface area contributed by atoms with Gasteiger partial charge >= 0.3 is 5.97 Å². The van der Waals surface area contributed by atoms with Crippen LogP contribution in [0.3, 0.4) is 0 Å². The molecule has 0 bridgehead atoms. The highest BCUT2D eigenvalue weighted by atomic mass is 16.5. The van der Waals surface area contributed by atoms with Gasteiger partial charge in [-0.1, -0.05) is 24.3 Å². The van der Waals surface area contributed by atoms with Gasteiger partial charge in [0.25, 0.3) is 0 Å². The molecule has 1 aliphatic rings. The lowest BCUT2D eigenvalue weighted by molar-refractivity contribution is -0.142. The zero-order valence-electron chi connectivity index (χ0n) is 13.0.